The molecule has 1 aliphatic heterocycles. The average molecular weight is 310 g/mol. The molecule has 4 nitrogen and oxygen atoms in total. The highest BCUT2D eigenvalue weighted by molar-refractivity contribution is 6.18. The van der Waals surface area contributed by atoms with Crippen LogP contribution in [0.4, 0.5) is 0 Å². The first-order valence-corrected chi connectivity index (χ1v) is 8.76. The molecule has 0 saturated carbocycles. The second kappa shape index (κ2) is 10.4. The molecule has 0 amide bonds. The second-order valence-electron chi connectivity index (χ2n) is 6.14. The predicted molar refractivity (Wildman–Crippen MR) is 86.7 cm³/mol. The van der Waals surface area contributed by atoms with Crippen LogP contribution in [0.3, 0.4) is 0 Å². The highest BCUT2D eigenvalue weighted by Gasteiger charge is 2.32. The van der Waals surface area contributed by atoms with Crippen molar-refractivity contribution in [3.05, 3.63) is 11.3 Å². The quantitative estimate of drug-likeness (QED) is 0.343. The van der Waals surface area contributed by atoms with Crippen LogP contribution in [0, 0.1) is 0 Å². The molecular formula is C18H30O4. The van der Waals surface area contributed by atoms with Crippen LogP contribution in [0.15, 0.2) is 11.3 Å². The Labute approximate surface area is 133 Å². The van der Waals surface area contributed by atoms with E-state index in [0.717, 1.165) is 19.3 Å². The minimum absolute atomic E-state index is 0.0809. The van der Waals surface area contributed by atoms with Crippen molar-refractivity contribution in [3.8, 4) is 0 Å². The summed E-state index contributed by atoms with van der Waals surface area (Å²) in [7, 11) is 0. The molecule has 0 aliphatic carbocycles. The zero-order chi connectivity index (χ0) is 16.4. The molecule has 1 N–H and O–H groups in total. The van der Waals surface area contributed by atoms with E-state index in [1.165, 1.54) is 32.1 Å². The van der Waals surface area contributed by atoms with Gasteiger partial charge in [-0.15, -0.1) is 0 Å². The molecule has 0 aromatic carbocycles. The van der Waals surface area contributed by atoms with Gasteiger partial charge in [-0.3, -0.25) is 4.79 Å². The lowest BCUT2D eigenvalue weighted by Crippen LogP contribution is -2.30. The Morgan fingerprint density at radius 2 is 1.73 bits per heavy atom. The van der Waals surface area contributed by atoms with E-state index in [4.69, 9.17) is 4.74 Å². The number of carbonyl (C=O) groups excluding carboxylic acids is 2. The van der Waals surface area contributed by atoms with E-state index in [-0.39, 0.29) is 36.1 Å². The number of ether oxygens (including phenoxy) is 1. The Kier molecular flexibility index (Phi) is 8.86. The Hall–Kier alpha value is -1.32. The maximum atomic E-state index is 11.9. The molecule has 126 valence electrons. The first kappa shape index (κ1) is 18.7. The van der Waals surface area contributed by atoms with Crippen molar-refractivity contribution < 1.29 is 19.4 Å². The van der Waals surface area contributed by atoms with Crippen LogP contribution in [-0.4, -0.2) is 23.0 Å². The number of ketones is 1. The van der Waals surface area contributed by atoms with Crippen molar-refractivity contribution in [2.75, 3.05) is 0 Å². The van der Waals surface area contributed by atoms with Crippen molar-refractivity contribution in [1.29, 1.82) is 0 Å². The van der Waals surface area contributed by atoms with Gasteiger partial charge in [-0.1, -0.05) is 52.4 Å². The number of rotatable bonds is 11. The summed E-state index contributed by atoms with van der Waals surface area (Å²) in [5.41, 5.74) is -0.127. The van der Waals surface area contributed by atoms with E-state index in [0.29, 0.717) is 6.42 Å². The molecule has 0 aromatic heterocycles. The smallest absolute Gasteiger partial charge is 0.345 e. The largest absolute Gasteiger partial charge is 0.511 e. The van der Waals surface area contributed by atoms with Crippen molar-refractivity contribution >= 4 is 11.8 Å². The van der Waals surface area contributed by atoms with Gasteiger partial charge in [0.1, 0.15) is 17.4 Å². The van der Waals surface area contributed by atoms with Crippen LogP contribution in [0.1, 0.15) is 84.5 Å². The summed E-state index contributed by atoms with van der Waals surface area (Å²) in [6.07, 6.45) is 10.1. The highest BCUT2D eigenvalue weighted by atomic mass is 16.5. The molecule has 1 unspecified atom stereocenters. The van der Waals surface area contributed by atoms with Crippen molar-refractivity contribution in [2.24, 2.45) is 0 Å². The highest BCUT2D eigenvalue weighted by Crippen LogP contribution is 2.25. The number of unbranched alkanes of at least 4 members (excludes halogenated alkanes) is 6. The van der Waals surface area contributed by atoms with E-state index in [9.17, 15) is 14.7 Å². The van der Waals surface area contributed by atoms with Gasteiger partial charge in [0.05, 0.1) is 0 Å². The minimum Gasteiger partial charge on any atom is -0.511 e. The molecule has 1 rings (SSSR count). The number of Topliss-reactive ketones (excluding diaryl/α,β-unsaturated/α-hetero) is 1. The summed E-state index contributed by atoms with van der Waals surface area (Å²) in [5.74, 6) is -1.03. The lowest BCUT2D eigenvalue weighted by molar-refractivity contribution is -0.148. The first-order valence-electron chi connectivity index (χ1n) is 8.76. The van der Waals surface area contributed by atoms with Crippen LogP contribution < -0.4 is 0 Å². The summed E-state index contributed by atoms with van der Waals surface area (Å²) in [4.78, 5) is 23.7. The molecule has 1 heterocycles. The Bertz CT molecular complexity index is 398. The Morgan fingerprint density at radius 3 is 2.32 bits per heavy atom. The van der Waals surface area contributed by atoms with Crippen molar-refractivity contribution in [1.82, 2.24) is 0 Å². The maximum absolute atomic E-state index is 11.9. The van der Waals surface area contributed by atoms with Gasteiger partial charge in [0.25, 0.3) is 0 Å². The number of esters is 1. The molecule has 0 spiro atoms. The third-order valence-corrected chi connectivity index (χ3v) is 4.07. The fourth-order valence-corrected chi connectivity index (χ4v) is 2.80. The molecule has 0 fully saturated rings. The Balaban J connectivity index is 2.32. The first-order chi connectivity index (χ1) is 10.6. The molecule has 4 heteroatoms. The molecule has 0 saturated heterocycles. The molecule has 0 radical (unpaired) electrons. The van der Waals surface area contributed by atoms with Crippen LogP contribution in [0.25, 0.3) is 0 Å². The predicted octanol–water partition coefficient (Wildman–Crippen LogP) is 4.62. The van der Waals surface area contributed by atoms with Crippen LogP contribution >= 0.6 is 0 Å². The molecule has 0 bridgehead atoms. The van der Waals surface area contributed by atoms with Crippen LogP contribution in [0.5, 0.6) is 0 Å². The summed E-state index contributed by atoms with van der Waals surface area (Å²) >= 11 is 0. The monoisotopic (exact) mass is 310 g/mol. The number of aliphatic hydroxyl groups is 1. The summed E-state index contributed by atoms with van der Waals surface area (Å²) in [5, 5.41) is 9.96. The number of aliphatic hydroxyl groups excluding tert-OH is 1. The SMILES string of the molecule is CCCCCCCCCC1CC(O)=C(C(=O)CCC)C(=O)O1. The van der Waals surface area contributed by atoms with Crippen molar-refractivity contribution in [3.63, 3.8) is 0 Å². The average Bonchev–Trinajstić information content (AvgIpc) is 2.46. The molecule has 22 heavy (non-hydrogen) atoms. The summed E-state index contributed by atoms with van der Waals surface area (Å²) < 4.78 is 5.30. The fourth-order valence-electron chi connectivity index (χ4n) is 2.80. The normalized spacial score (nSPS) is 18.5. The number of hydrogen-bond acceptors (Lipinski definition) is 4. The Morgan fingerprint density at radius 1 is 1.09 bits per heavy atom. The van der Waals surface area contributed by atoms with Gasteiger partial charge in [-0.25, -0.2) is 4.79 Å². The summed E-state index contributed by atoms with van der Waals surface area (Å²) in [6.45, 7) is 4.07. The van der Waals surface area contributed by atoms with Crippen LogP contribution in [0.2, 0.25) is 0 Å². The fraction of sp³-hybridized carbons (Fsp3) is 0.778. The molecule has 1 aliphatic rings. The molecular weight excluding hydrogens is 280 g/mol. The van der Waals surface area contributed by atoms with Gasteiger partial charge >= 0.3 is 5.97 Å². The van der Waals surface area contributed by atoms with Gasteiger partial charge in [-0.05, 0) is 19.3 Å². The minimum atomic E-state index is -0.643. The summed E-state index contributed by atoms with van der Waals surface area (Å²) in [6, 6.07) is 0. The second-order valence-corrected chi connectivity index (χ2v) is 6.14. The topological polar surface area (TPSA) is 63.6 Å². The molecule has 0 aromatic rings. The van der Waals surface area contributed by atoms with Gasteiger partial charge in [-0.2, -0.15) is 0 Å². The lowest BCUT2D eigenvalue weighted by Gasteiger charge is -2.23. The zero-order valence-electron chi connectivity index (χ0n) is 14.0. The maximum Gasteiger partial charge on any atom is 0.345 e. The number of hydrogen-bond donors (Lipinski definition) is 1. The third-order valence-electron chi connectivity index (χ3n) is 4.07. The number of carbonyl (C=O) groups is 2. The standard InChI is InChI=1S/C18H30O4/c1-3-5-6-7-8-9-10-12-14-13-16(20)17(18(21)22-14)15(19)11-4-2/h14,20H,3-13H2,1-2H3. The molecule has 1 atom stereocenters. The van der Waals surface area contributed by atoms with E-state index in [2.05, 4.69) is 6.92 Å². The van der Waals surface area contributed by atoms with E-state index in [1.54, 1.807) is 0 Å². The van der Waals surface area contributed by atoms with E-state index < -0.39 is 5.97 Å². The van der Waals surface area contributed by atoms with E-state index >= 15 is 0 Å². The van der Waals surface area contributed by atoms with Gasteiger partial charge < -0.3 is 9.84 Å². The lowest BCUT2D eigenvalue weighted by atomic mass is 9.97. The van der Waals surface area contributed by atoms with E-state index in [1.807, 2.05) is 6.92 Å². The van der Waals surface area contributed by atoms with Gasteiger partial charge in [0, 0.05) is 12.8 Å². The van der Waals surface area contributed by atoms with Crippen molar-refractivity contribution in [2.45, 2.75) is 90.6 Å². The third kappa shape index (κ3) is 6.20. The van der Waals surface area contributed by atoms with Gasteiger partial charge in [0.15, 0.2) is 5.78 Å². The van der Waals surface area contributed by atoms with Gasteiger partial charge in [0.2, 0.25) is 0 Å². The zero-order valence-corrected chi connectivity index (χ0v) is 14.0. The van der Waals surface area contributed by atoms with Crippen LogP contribution in [-0.2, 0) is 14.3 Å². The number of cyclic esters (lactones) is 1.